The molecule has 0 bridgehead atoms. The monoisotopic (exact) mass is 644 g/mol. The van der Waals surface area contributed by atoms with E-state index in [1.54, 1.807) is 33.8 Å². The smallest absolute Gasteiger partial charge is 0.311 e. The number of hydrogen-bond acceptors (Lipinski definition) is 11. The molecule has 0 spiro atoms. The minimum absolute atomic E-state index is 0.120. The molecule has 0 aromatic heterocycles. The second-order valence-corrected chi connectivity index (χ2v) is 13.8. The van der Waals surface area contributed by atoms with Gasteiger partial charge in [-0.2, -0.15) is 0 Å². The van der Waals surface area contributed by atoms with Crippen LogP contribution in [0.3, 0.4) is 0 Å². The highest BCUT2D eigenvalue weighted by Crippen LogP contribution is 2.38. The average molecular weight is 645 g/mol. The van der Waals surface area contributed by atoms with Gasteiger partial charge in [-0.1, -0.05) is 26.8 Å². The third-order valence-corrected chi connectivity index (χ3v) is 9.77. The van der Waals surface area contributed by atoms with Crippen molar-refractivity contribution in [3.05, 3.63) is 12.7 Å². The van der Waals surface area contributed by atoms with Crippen molar-refractivity contribution in [3.8, 4) is 0 Å². The third kappa shape index (κ3) is 9.25. The molecule has 45 heavy (non-hydrogen) atoms. The van der Waals surface area contributed by atoms with Crippen molar-refractivity contribution in [2.75, 3.05) is 27.8 Å². The number of aliphatic hydroxyl groups excluding tert-OH is 2. The number of rotatable bonds is 8. The van der Waals surface area contributed by atoms with Gasteiger partial charge in [-0.15, -0.1) is 6.58 Å². The summed E-state index contributed by atoms with van der Waals surface area (Å²) in [7, 11) is 5.30. The van der Waals surface area contributed by atoms with Gasteiger partial charge < -0.3 is 49.2 Å². The normalized spacial score (nSPS) is 44.4. The van der Waals surface area contributed by atoms with Gasteiger partial charge in [-0.25, -0.2) is 0 Å². The predicted molar refractivity (Wildman–Crippen MR) is 169 cm³/mol. The number of nitrogens with zero attached hydrogens (tertiary/aromatic N) is 1. The van der Waals surface area contributed by atoms with Crippen LogP contribution in [0.1, 0.15) is 74.7 Å². The number of methoxy groups -OCH3 is 1. The Bertz CT molecular complexity index is 979. The standard InChI is InChI=1S/C33H60N2O10/c1-13-15-42-26-20(5)28(45-31-25(36)23(35(10)11)16-19(4)43-31)32(8,41-12)17-18(3)29(38)34-22(7)27(37)33(9,40)24(14-2)44-30(39)21(26)6/h13,18-28,31,36-37,40H,1,14-17H2,2-12H3,(H,34,38)/t18-,19-,20+,21-,22-,23+,24-,25-,26+,27-,28-,31+,32-,33-/m1/s1. The molecular weight excluding hydrogens is 584 g/mol. The molecule has 2 rings (SSSR count). The molecule has 262 valence electrons. The van der Waals surface area contributed by atoms with Gasteiger partial charge in [0.1, 0.15) is 23.9 Å². The van der Waals surface area contributed by atoms with Crippen molar-refractivity contribution >= 4 is 11.9 Å². The molecular formula is C33H60N2O10. The fourth-order valence-electron chi connectivity index (χ4n) is 6.88. The van der Waals surface area contributed by atoms with Crippen LogP contribution in [0.4, 0.5) is 0 Å². The minimum Gasteiger partial charge on any atom is -0.459 e. The Labute approximate surface area is 269 Å². The number of nitrogens with one attached hydrogen (secondary N) is 1. The van der Waals surface area contributed by atoms with Crippen LogP contribution in [0.5, 0.6) is 0 Å². The first-order chi connectivity index (χ1) is 20.9. The molecule has 0 saturated carbocycles. The maximum absolute atomic E-state index is 13.7. The SMILES string of the molecule is C=CCO[C@H]1[C@H](C)[C@@H](O[C@@H]2O[C@H](C)C[C@H](N(C)C)[C@H]2O)[C@](C)(OC)C[C@@H](C)C(=O)N[C@H](C)[C@@H](O)[C@](C)(O)[C@@H](CC)OC(=O)[C@@H]1C. The summed E-state index contributed by atoms with van der Waals surface area (Å²) in [6.45, 7) is 17.6. The fourth-order valence-corrected chi connectivity index (χ4v) is 6.88. The third-order valence-electron chi connectivity index (χ3n) is 9.77. The summed E-state index contributed by atoms with van der Waals surface area (Å²) < 4.78 is 31.1. The van der Waals surface area contributed by atoms with Gasteiger partial charge in [0.15, 0.2) is 6.29 Å². The van der Waals surface area contributed by atoms with Crippen LogP contribution in [0.25, 0.3) is 0 Å². The highest BCUT2D eigenvalue weighted by molar-refractivity contribution is 5.78. The first-order valence-corrected chi connectivity index (χ1v) is 16.2. The van der Waals surface area contributed by atoms with Crippen molar-refractivity contribution in [2.45, 2.75) is 141 Å². The van der Waals surface area contributed by atoms with E-state index in [1.165, 1.54) is 14.0 Å². The maximum Gasteiger partial charge on any atom is 0.311 e. The van der Waals surface area contributed by atoms with E-state index < -0.39 is 77.8 Å². The number of cyclic esters (lactones) is 1. The van der Waals surface area contributed by atoms with Gasteiger partial charge in [0.25, 0.3) is 0 Å². The molecule has 0 aromatic carbocycles. The topological polar surface area (TPSA) is 156 Å². The zero-order valence-electron chi connectivity index (χ0n) is 29.2. The van der Waals surface area contributed by atoms with E-state index >= 15 is 0 Å². The molecule has 2 fully saturated rings. The zero-order valence-corrected chi connectivity index (χ0v) is 29.2. The lowest BCUT2D eigenvalue weighted by Gasteiger charge is -2.48. The molecule has 4 N–H and O–H groups in total. The number of carbonyl (C=O) groups is 2. The Hall–Kier alpha value is -1.64. The van der Waals surface area contributed by atoms with Crippen LogP contribution in [-0.2, 0) is 33.3 Å². The van der Waals surface area contributed by atoms with Crippen molar-refractivity contribution in [1.82, 2.24) is 10.2 Å². The van der Waals surface area contributed by atoms with Crippen LogP contribution in [-0.4, -0.2) is 126 Å². The Balaban J connectivity index is 2.70. The summed E-state index contributed by atoms with van der Waals surface area (Å²) in [6, 6.07) is -1.10. The van der Waals surface area contributed by atoms with Crippen molar-refractivity contribution in [2.24, 2.45) is 17.8 Å². The summed E-state index contributed by atoms with van der Waals surface area (Å²) in [4.78, 5) is 29.1. The van der Waals surface area contributed by atoms with Crippen molar-refractivity contribution in [3.63, 3.8) is 0 Å². The zero-order chi connectivity index (χ0) is 34.4. The number of ether oxygens (including phenoxy) is 5. The largest absolute Gasteiger partial charge is 0.459 e. The summed E-state index contributed by atoms with van der Waals surface area (Å²) in [6.07, 6.45) is -3.86. The van der Waals surface area contributed by atoms with E-state index in [9.17, 15) is 24.9 Å². The molecule has 0 unspecified atom stereocenters. The van der Waals surface area contributed by atoms with Crippen LogP contribution >= 0.6 is 0 Å². The molecule has 1 amide bonds. The van der Waals surface area contributed by atoms with Crippen LogP contribution in [0.2, 0.25) is 0 Å². The summed E-state index contributed by atoms with van der Waals surface area (Å²) >= 11 is 0. The van der Waals surface area contributed by atoms with Crippen LogP contribution < -0.4 is 5.32 Å². The van der Waals surface area contributed by atoms with Gasteiger partial charge in [0, 0.05) is 25.0 Å². The number of carbonyl (C=O) groups excluding carboxylic acids is 2. The van der Waals surface area contributed by atoms with Gasteiger partial charge in [-0.05, 0) is 68.0 Å². The molecule has 2 saturated heterocycles. The first-order valence-electron chi connectivity index (χ1n) is 16.2. The van der Waals surface area contributed by atoms with Gasteiger partial charge in [0.05, 0.1) is 42.5 Å². The highest BCUT2D eigenvalue weighted by atomic mass is 16.7. The van der Waals surface area contributed by atoms with E-state index in [-0.39, 0.29) is 37.5 Å². The average Bonchev–Trinajstić information content (AvgIpc) is 2.98. The van der Waals surface area contributed by atoms with Crippen molar-refractivity contribution in [1.29, 1.82) is 0 Å². The van der Waals surface area contributed by atoms with Gasteiger partial charge in [0.2, 0.25) is 5.91 Å². The molecule has 0 aromatic rings. The molecule has 2 aliphatic heterocycles. The number of esters is 1. The first kappa shape index (κ1) is 39.5. The Morgan fingerprint density at radius 2 is 1.76 bits per heavy atom. The van der Waals surface area contributed by atoms with E-state index in [0.29, 0.717) is 6.42 Å². The number of hydrogen-bond donors (Lipinski definition) is 4. The molecule has 14 atom stereocenters. The maximum atomic E-state index is 13.7. The molecule has 2 heterocycles. The summed E-state index contributed by atoms with van der Waals surface area (Å²) in [5, 5.41) is 36.7. The summed E-state index contributed by atoms with van der Waals surface area (Å²) in [5.74, 6) is -3.07. The Morgan fingerprint density at radius 3 is 2.29 bits per heavy atom. The molecule has 2 aliphatic rings. The Morgan fingerprint density at radius 1 is 1.13 bits per heavy atom. The van der Waals surface area contributed by atoms with Crippen LogP contribution in [0, 0.1) is 17.8 Å². The lowest BCUT2D eigenvalue weighted by Crippen LogP contribution is -2.60. The lowest BCUT2D eigenvalue weighted by atomic mass is 9.77. The van der Waals surface area contributed by atoms with Crippen molar-refractivity contribution < 1.29 is 48.6 Å². The molecule has 12 heteroatoms. The number of amides is 1. The Kier molecular flexibility index (Phi) is 14.5. The predicted octanol–water partition coefficient (Wildman–Crippen LogP) is 2.02. The minimum atomic E-state index is -1.87. The molecule has 0 aliphatic carbocycles. The highest BCUT2D eigenvalue weighted by Gasteiger charge is 2.51. The van der Waals surface area contributed by atoms with Gasteiger partial charge in [-0.3, -0.25) is 9.59 Å². The summed E-state index contributed by atoms with van der Waals surface area (Å²) in [5.41, 5.74) is -3.02. The molecule has 0 radical (unpaired) electrons. The second kappa shape index (κ2) is 16.5. The van der Waals surface area contributed by atoms with E-state index in [1.807, 2.05) is 39.8 Å². The van der Waals surface area contributed by atoms with E-state index in [2.05, 4.69) is 11.9 Å². The van der Waals surface area contributed by atoms with E-state index in [4.69, 9.17) is 23.7 Å². The van der Waals surface area contributed by atoms with Gasteiger partial charge >= 0.3 is 5.97 Å². The fraction of sp³-hybridized carbons (Fsp3) is 0.879. The second-order valence-electron chi connectivity index (χ2n) is 13.8. The van der Waals surface area contributed by atoms with Crippen LogP contribution in [0.15, 0.2) is 12.7 Å². The quantitative estimate of drug-likeness (QED) is 0.227. The number of likely N-dealkylation sites (N-methyl/N-ethyl adjacent to an activating group) is 1. The lowest BCUT2D eigenvalue weighted by molar-refractivity contribution is -0.302. The molecule has 12 nitrogen and oxygen atoms in total. The number of aliphatic hydroxyl groups is 3. The van der Waals surface area contributed by atoms with E-state index in [0.717, 1.165) is 0 Å².